The number of para-hydroxylation sites is 1. The molecule has 0 bridgehead atoms. The molecule has 8 aromatic rings. The molecule has 1 nitrogen and oxygen atoms in total. The van der Waals surface area contributed by atoms with Gasteiger partial charge in [-0.05, 0) is 73.1 Å². The van der Waals surface area contributed by atoms with Crippen molar-refractivity contribution in [1.29, 1.82) is 0 Å². The van der Waals surface area contributed by atoms with Crippen LogP contribution >= 0.6 is 0 Å². The second kappa shape index (κ2) is 11.0. The summed E-state index contributed by atoms with van der Waals surface area (Å²) in [4.78, 5) is 0. The van der Waals surface area contributed by atoms with Gasteiger partial charge < -0.3 is 4.42 Å². The lowest BCUT2D eigenvalue weighted by molar-refractivity contribution is 0.669. The normalized spacial score (nSPS) is 11.7. The third-order valence-corrected chi connectivity index (χ3v) is 11.3. The van der Waals surface area contributed by atoms with Gasteiger partial charge in [0, 0.05) is 10.8 Å². The zero-order valence-electron chi connectivity index (χ0n) is 28.6. The Morgan fingerprint density at radius 2 is 0.723 bits per heavy atom. The first-order chi connectivity index (χ1) is 22.7. The zero-order valence-corrected chi connectivity index (χ0v) is 28.6. The van der Waals surface area contributed by atoms with Gasteiger partial charge in [-0.3, -0.25) is 0 Å². The van der Waals surface area contributed by atoms with Crippen LogP contribution in [0.3, 0.4) is 0 Å². The van der Waals surface area contributed by atoms with Crippen molar-refractivity contribution in [3.63, 3.8) is 0 Å². The Hall–Kier alpha value is -4.62. The van der Waals surface area contributed by atoms with Crippen molar-refractivity contribution in [1.82, 2.24) is 0 Å². The van der Waals surface area contributed by atoms with Crippen LogP contribution in [0, 0.1) is 0 Å². The number of benzene rings is 7. The van der Waals surface area contributed by atoms with E-state index in [9.17, 15) is 0 Å². The van der Waals surface area contributed by atoms with E-state index >= 15 is 0 Å². The molecule has 9 heteroatoms. The third kappa shape index (κ3) is 4.36. The summed E-state index contributed by atoms with van der Waals surface area (Å²) in [6, 6.07) is 35.2. The number of fused-ring (bicyclic) bond motifs is 5. The molecule has 0 N–H and O–H groups in total. The monoisotopic (exact) mass is 592 g/mol. The Labute approximate surface area is 283 Å². The third-order valence-electron chi connectivity index (χ3n) is 11.3. The summed E-state index contributed by atoms with van der Waals surface area (Å²) in [5, 5.41) is 7.77. The smallest absolute Gasteiger partial charge is 0.139 e. The van der Waals surface area contributed by atoms with Crippen molar-refractivity contribution in [2.45, 2.75) is 0 Å². The van der Waals surface area contributed by atoms with E-state index in [1.54, 1.807) is 0 Å². The highest BCUT2D eigenvalue weighted by Gasteiger charge is 2.25. The van der Waals surface area contributed by atoms with E-state index in [-0.39, 0.29) is 0 Å². The summed E-state index contributed by atoms with van der Waals surface area (Å²) in [5.74, 6) is 0. The lowest BCUT2D eigenvalue weighted by Crippen LogP contribution is -2.50. The topological polar surface area (TPSA) is 13.1 Å². The van der Waals surface area contributed by atoms with Crippen molar-refractivity contribution in [2.24, 2.45) is 0 Å². The first-order valence-corrected chi connectivity index (χ1v) is 16.7. The first kappa shape index (κ1) is 29.8. The maximum Gasteiger partial charge on any atom is 0.139 e. The fourth-order valence-electron chi connectivity index (χ4n) is 8.04. The highest BCUT2D eigenvalue weighted by atomic mass is 16.3. The summed E-state index contributed by atoms with van der Waals surface area (Å²) in [5.41, 5.74) is 20.4. The standard InChI is InChI=1S/C38H32B8O/c39-31-27-25(19-12-10-18(11-13-19)17-6-2-1-3-7-17)28-30(34(42)38(46)36(44)32(28)40)26(29(27)33(41)37(45)35(31)43)20-14-15-24-22(16-20)21-8-4-5-9-23(21)47-24/h1-16H,39-46H2. The summed E-state index contributed by atoms with van der Waals surface area (Å²) in [7, 11) is 18.5. The molecule has 0 aliphatic rings. The average Bonchev–Trinajstić information content (AvgIpc) is 3.48. The van der Waals surface area contributed by atoms with Crippen LogP contribution in [0.2, 0.25) is 0 Å². The molecular formula is C38H32B8O. The molecule has 0 fully saturated rings. The van der Waals surface area contributed by atoms with Gasteiger partial charge in [-0.15, -0.1) is 21.9 Å². The molecule has 214 valence electrons. The molecule has 0 spiro atoms. The van der Waals surface area contributed by atoms with Crippen molar-refractivity contribution in [3.05, 3.63) is 97.1 Å². The molecule has 8 rings (SSSR count). The van der Waals surface area contributed by atoms with Gasteiger partial charge in [0.25, 0.3) is 0 Å². The van der Waals surface area contributed by atoms with Crippen LogP contribution < -0.4 is 43.7 Å². The molecule has 7 aromatic carbocycles. The number of furan rings is 1. The lowest BCUT2D eigenvalue weighted by atomic mass is 9.59. The Morgan fingerprint density at radius 3 is 1.28 bits per heavy atom. The Morgan fingerprint density at radius 1 is 0.319 bits per heavy atom. The molecule has 0 saturated carbocycles. The number of hydrogen-bond donors (Lipinski definition) is 0. The van der Waals surface area contributed by atoms with Gasteiger partial charge in [0.2, 0.25) is 0 Å². The molecule has 0 aliphatic carbocycles. The van der Waals surface area contributed by atoms with Gasteiger partial charge in [-0.1, -0.05) is 101 Å². The van der Waals surface area contributed by atoms with Crippen LogP contribution in [0.1, 0.15) is 0 Å². The molecule has 0 saturated heterocycles. The van der Waals surface area contributed by atoms with Crippen molar-refractivity contribution < 1.29 is 4.42 Å². The van der Waals surface area contributed by atoms with E-state index in [4.69, 9.17) is 4.42 Å². The van der Waals surface area contributed by atoms with Crippen molar-refractivity contribution in [2.75, 3.05) is 0 Å². The molecule has 0 unspecified atom stereocenters. The minimum Gasteiger partial charge on any atom is -0.456 e. The van der Waals surface area contributed by atoms with Crippen LogP contribution in [0.5, 0.6) is 0 Å². The van der Waals surface area contributed by atoms with E-state index in [2.05, 4.69) is 154 Å². The summed E-state index contributed by atoms with van der Waals surface area (Å²) >= 11 is 0. The van der Waals surface area contributed by atoms with E-state index in [0.717, 1.165) is 21.9 Å². The minimum atomic E-state index is 0.929. The molecule has 0 amide bonds. The van der Waals surface area contributed by atoms with Crippen LogP contribution in [0.4, 0.5) is 0 Å². The van der Waals surface area contributed by atoms with E-state index in [1.807, 2.05) is 6.07 Å². The van der Waals surface area contributed by atoms with Gasteiger partial charge >= 0.3 is 0 Å². The van der Waals surface area contributed by atoms with Gasteiger partial charge in [0.1, 0.15) is 73.9 Å². The van der Waals surface area contributed by atoms with Crippen LogP contribution in [-0.2, 0) is 0 Å². The summed E-state index contributed by atoms with van der Waals surface area (Å²) in [6.07, 6.45) is 0. The summed E-state index contributed by atoms with van der Waals surface area (Å²) < 4.78 is 6.29. The Balaban J connectivity index is 1.58. The molecule has 47 heavy (non-hydrogen) atoms. The minimum absolute atomic E-state index is 0.929. The van der Waals surface area contributed by atoms with Gasteiger partial charge in [0.15, 0.2) is 0 Å². The predicted molar refractivity (Wildman–Crippen MR) is 230 cm³/mol. The van der Waals surface area contributed by atoms with Crippen molar-refractivity contribution in [3.8, 4) is 33.4 Å². The highest BCUT2D eigenvalue weighted by Crippen LogP contribution is 2.42. The van der Waals surface area contributed by atoms with E-state index in [1.165, 1.54) is 98.6 Å². The number of hydrogen-bond acceptors (Lipinski definition) is 1. The zero-order chi connectivity index (χ0) is 32.7. The molecule has 1 aromatic heterocycles. The second-order valence-electron chi connectivity index (χ2n) is 13.5. The quantitative estimate of drug-likeness (QED) is 0.158. The lowest BCUT2D eigenvalue weighted by Gasteiger charge is -2.28. The maximum absolute atomic E-state index is 6.29. The second-order valence-corrected chi connectivity index (χ2v) is 13.5. The maximum atomic E-state index is 6.29. The van der Waals surface area contributed by atoms with Gasteiger partial charge in [0.05, 0.1) is 0 Å². The molecule has 0 radical (unpaired) electrons. The highest BCUT2D eigenvalue weighted by molar-refractivity contribution is 6.71. The average molecular weight is 591 g/mol. The van der Waals surface area contributed by atoms with E-state index < -0.39 is 0 Å². The fraction of sp³-hybridized carbons (Fsp3) is 0. The molecular weight excluding hydrogens is 559 g/mol. The van der Waals surface area contributed by atoms with Crippen LogP contribution in [-0.4, -0.2) is 62.8 Å². The molecule has 0 aliphatic heterocycles. The molecule has 0 atom stereocenters. The largest absolute Gasteiger partial charge is 0.456 e. The van der Waals surface area contributed by atoms with Crippen molar-refractivity contribution >= 4 is 150 Å². The molecule has 1 heterocycles. The number of rotatable bonds is 3. The van der Waals surface area contributed by atoms with Gasteiger partial charge in [-0.2, -0.15) is 0 Å². The summed E-state index contributed by atoms with van der Waals surface area (Å²) in [6.45, 7) is 0. The first-order valence-electron chi connectivity index (χ1n) is 16.7. The van der Waals surface area contributed by atoms with Crippen LogP contribution in [0.15, 0.2) is 101 Å². The Bertz CT molecular complexity index is 2510. The van der Waals surface area contributed by atoms with Gasteiger partial charge in [-0.25, -0.2) is 0 Å². The fourth-order valence-corrected chi connectivity index (χ4v) is 8.04. The Kier molecular flexibility index (Phi) is 6.95. The SMILES string of the molecule is Bc1c(B)c(B)c2c(-c3ccc4oc5ccccc5c4c3)c3c(B)c(B)c(B)c(B)c3c(-c3ccc(-c4ccccc4)cc3)c2c1B. The van der Waals surface area contributed by atoms with Crippen LogP contribution in [0.25, 0.3) is 76.9 Å². The van der Waals surface area contributed by atoms with E-state index in [0.29, 0.717) is 0 Å². The predicted octanol–water partition coefficient (Wildman–Crippen LogP) is -3.04.